The molecule has 0 fully saturated rings. The lowest BCUT2D eigenvalue weighted by atomic mass is 10.1. The van der Waals surface area contributed by atoms with Crippen LogP contribution >= 0.6 is 30.5 Å². The Kier molecular flexibility index (Phi) is 8.20. The third-order valence-electron chi connectivity index (χ3n) is 5.60. The number of aromatic nitrogens is 1. The number of sulfonamides is 1. The van der Waals surface area contributed by atoms with Crippen LogP contribution in [0.3, 0.4) is 0 Å². The van der Waals surface area contributed by atoms with E-state index in [1.165, 1.54) is 6.92 Å². The molecule has 0 saturated carbocycles. The van der Waals surface area contributed by atoms with Gasteiger partial charge in [0.25, 0.3) is 10.0 Å². The summed E-state index contributed by atoms with van der Waals surface area (Å²) in [7, 11) is -9.94. The molecule has 38 heavy (non-hydrogen) atoms. The number of fused-ring (bicyclic) bond motifs is 1. The van der Waals surface area contributed by atoms with Crippen molar-refractivity contribution < 1.29 is 36.5 Å². The van der Waals surface area contributed by atoms with Crippen LogP contribution in [0.2, 0.25) is 5.02 Å². The van der Waals surface area contributed by atoms with Gasteiger partial charge < -0.3 is 19.1 Å². The van der Waals surface area contributed by atoms with E-state index in [1.54, 1.807) is 18.2 Å². The van der Waals surface area contributed by atoms with Gasteiger partial charge >= 0.3 is 0 Å². The summed E-state index contributed by atoms with van der Waals surface area (Å²) in [5, 5.41) is 9.50. The van der Waals surface area contributed by atoms with E-state index in [-0.39, 0.29) is 20.4 Å². The van der Waals surface area contributed by atoms with Crippen LogP contribution in [0.4, 0.5) is 4.39 Å². The maximum atomic E-state index is 14.1. The molecule has 0 aliphatic carbocycles. The van der Waals surface area contributed by atoms with Crippen LogP contribution in [0.1, 0.15) is 22.5 Å². The molecule has 0 spiro atoms. The fraction of sp³-hybridized carbons (Fsp3) is 0.167. The van der Waals surface area contributed by atoms with Crippen molar-refractivity contribution >= 4 is 50.6 Å². The van der Waals surface area contributed by atoms with E-state index >= 15 is 0 Å². The molecule has 198 valence electrons. The summed E-state index contributed by atoms with van der Waals surface area (Å²) in [6.07, 6.45) is 3.77. The van der Waals surface area contributed by atoms with Gasteiger partial charge in [-0.25, -0.2) is 17.4 Å². The summed E-state index contributed by atoms with van der Waals surface area (Å²) in [4.78, 5) is 21.9. The number of pyridine rings is 1. The first-order valence-electron chi connectivity index (χ1n) is 11.0. The Balaban J connectivity index is 1.65. The molecule has 2 aromatic heterocycles. The van der Waals surface area contributed by atoms with Crippen LogP contribution in [0.15, 0.2) is 65.1 Å². The zero-order valence-electron chi connectivity index (χ0n) is 19.7. The highest BCUT2D eigenvalue weighted by Crippen LogP contribution is 2.48. The lowest BCUT2D eigenvalue weighted by Gasteiger charge is -2.28. The number of rotatable bonds is 9. The second-order valence-electron chi connectivity index (χ2n) is 8.17. The standard InChI is InChI=1S/C24H20ClFN3O6PS2/c1-15-21-20(8-7-19(22(21)25)35-12-11-29-9-3-2-4-10-29)37-24(15)38(33,34)28-23(36(30,31)32)16-5-6-17(14-27)18(26)13-16/h2-10,13,23,28H,11-12H2,1H3,(H-,30,31,32). The Morgan fingerprint density at radius 3 is 2.63 bits per heavy atom. The van der Waals surface area contributed by atoms with Gasteiger partial charge in [-0.05, 0) is 42.3 Å². The molecule has 0 aliphatic rings. The highest BCUT2D eigenvalue weighted by Gasteiger charge is 2.32. The first-order valence-corrected chi connectivity index (χ1v) is 15.3. The number of ether oxygens (including phenoxy) is 1. The maximum absolute atomic E-state index is 14.1. The Bertz CT molecular complexity index is 1700. The number of thiophene rings is 1. The average molecular weight is 596 g/mol. The molecular formula is C24H20ClFN3O6PS2. The molecule has 2 aromatic carbocycles. The molecule has 0 radical (unpaired) electrons. The summed E-state index contributed by atoms with van der Waals surface area (Å²) >= 11 is 7.42. The van der Waals surface area contributed by atoms with Gasteiger partial charge in [0.2, 0.25) is 0 Å². The lowest BCUT2D eigenvalue weighted by Crippen LogP contribution is -2.35. The third-order valence-corrected chi connectivity index (χ3v) is 10.5. The smallest absolute Gasteiger partial charge is 0.251 e. The first-order chi connectivity index (χ1) is 17.9. The minimum atomic E-state index is -5.40. The second-order valence-corrected chi connectivity index (χ2v) is 13.2. The molecule has 2 unspecified atom stereocenters. The van der Waals surface area contributed by atoms with Gasteiger partial charge in [-0.3, -0.25) is 0 Å². The van der Waals surface area contributed by atoms with Crippen molar-refractivity contribution in [3.05, 3.63) is 88.5 Å². The molecule has 4 rings (SSSR count). The summed E-state index contributed by atoms with van der Waals surface area (Å²) in [5.74, 6) is -2.91. The Labute approximate surface area is 226 Å². The van der Waals surface area contributed by atoms with Crippen LogP contribution in [-0.4, -0.2) is 19.9 Å². The van der Waals surface area contributed by atoms with E-state index < -0.39 is 34.8 Å². The minimum absolute atomic E-state index is 0.193. The highest BCUT2D eigenvalue weighted by molar-refractivity contribution is 7.92. The molecule has 0 amide bonds. The van der Waals surface area contributed by atoms with Gasteiger partial charge in [-0.15, -0.1) is 11.3 Å². The van der Waals surface area contributed by atoms with Crippen molar-refractivity contribution in [1.29, 1.82) is 5.26 Å². The van der Waals surface area contributed by atoms with Gasteiger partial charge in [0.1, 0.15) is 34.2 Å². The van der Waals surface area contributed by atoms with Gasteiger partial charge in [0, 0.05) is 22.2 Å². The van der Waals surface area contributed by atoms with Crippen molar-refractivity contribution in [2.45, 2.75) is 23.5 Å². The van der Waals surface area contributed by atoms with E-state index in [0.717, 1.165) is 23.5 Å². The Morgan fingerprint density at radius 1 is 1.29 bits per heavy atom. The maximum Gasteiger partial charge on any atom is 0.251 e. The molecule has 4 aromatic rings. The minimum Gasteiger partial charge on any atom is -0.777 e. The molecule has 2 atom stereocenters. The second kappa shape index (κ2) is 11.1. The number of nitriles is 1. The molecule has 0 aliphatic heterocycles. The monoisotopic (exact) mass is 595 g/mol. The van der Waals surface area contributed by atoms with Crippen molar-refractivity contribution in [1.82, 2.24) is 4.72 Å². The van der Waals surface area contributed by atoms with Gasteiger partial charge in [-0.1, -0.05) is 23.7 Å². The van der Waals surface area contributed by atoms with Crippen LogP contribution in [0.5, 0.6) is 5.75 Å². The lowest BCUT2D eigenvalue weighted by molar-refractivity contribution is -0.697. The predicted molar refractivity (Wildman–Crippen MR) is 138 cm³/mol. The number of nitrogens with zero attached hydrogens (tertiary/aromatic N) is 2. The van der Waals surface area contributed by atoms with Crippen LogP contribution in [-0.2, 0) is 21.1 Å². The zero-order valence-corrected chi connectivity index (χ0v) is 23.0. The van der Waals surface area contributed by atoms with Crippen LogP contribution < -0.4 is 18.9 Å². The molecule has 2 heterocycles. The van der Waals surface area contributed by atoms with Crippen molar-refractivity contribution in [3.8, 4) is 11.8 Å². The van der Waals surface area contributed by atoms with Gasteiger partial charge in [0.15, 0.2) is 26.5 Å². The van der Waals surface area contributed by atoms with Crippen LogP contribution in [0, 0.1) is 24.1 Å². The van der Waals surface area contributed by atoms with E-state index in [2.05, 4.69) is 0 Å². The number of benzene rings is 2. The number of nitrogens with one attached hydrogen (secondary N) is 1. The normalized spacial score (nSPS) is 14.1. The van der Waals surface area contributed by atoms with Crippen molar-refractivity contribution in [2.75, 3.05) is 6.61 Å². The predicted octanol–water partition coefficient (Wildman–Crippen LogP) is 3.76. The number of hydrogen-bond acceptors (Lipinski definition) is 7. The van der Waals surface area contributed by atoms with Crippen molar-refractivity contribution in [2.24, 2.45) is 0 Å². The molecule has 9 nitrogen and oxygen atoms in total. The Hall–Kier alpha value is -2.88. The summed E-state index contributed by atoms with van der Waals surface area (Å²) < 4.78 is 62.8. The van der Waals surface area contributed by atoms with E-state index in [9.17, 15) is 27.2 Å². The highest BCUT2D eigenvalue weighted by atomic mass is 35.5. The van der Waals surface area contributed by atoms with Gasteiger partial charge in [0.05, 0.1) is 10.6 Å². The number of aryl methyl sites for hydroxylation is 1. The molecule has 0 bridgehead atoms. The summed E-state index contributed by atoms with van der Waals surface area (Å²) in [5.41, 5.74) is -0.520. The largest absolute Gasteiger partial charge is 0.777 e. The van der Waals surface area contributed by atoms with E-state index in [4.69, 9.17) is 21.6 Å². The first kappa shape index (κ1) is 28.1. The zero-order chi connectivity index (χ0) is 27.7. The average Bonchev–Trinajstić information content (AvgIpc) is 3.22. The van der Waals surface area contributed by atoms with Gasteiger partial charge in [-0.2, -0.15) is 9.98 Å². The third kappa shape index (κ3) is 5.90. The molecule has 0 saturated heterocycles. The fourth-order valence-corrected chi connectivity index (χ4v) is 8.53. The quantitative estimate of drug-likeness (QED) is 0.221. The van der Waals surface area contributed by atoms with E-state index in [1.807, 2.05) is 39.9 Å². The fourth-order valence-electron chi connectivity index (χ4n) is 3.78. The number of halogens is 2. The summed E-state index contributed by atoms with van der Waals surface area (Å²) in [6, 6.07) is 13.2. The number of hydrogen-bond donors (Lipinski definition) is 2. The SMILES string of the molecule is Cc1c(S(=O)(=O)NC(c2ccc(C#N)c(F)c2)P(=O)([O-])O)sc2ccc(OCC[n+]3ccccc3)c(Cl)c12. The molecule has 14 heteroatoms. The van der Waals surface area contributed by atoms with Crippen molar-refractivity contribution in [3.63, 3.8) is 0 Å². The molecule has 2 N–H and O–H groups in total. The van der Waals surface area contributed by atoms with Crippen LogP contribution in [0.25, 0.3) is 10.1 Å². The summed E-state index contributed by atoms with van der Waals surface area (Å²) in [6.45, 7) is 2.36. The molecular weight excluding hydrogens is 576 g/mol. The topological polar surface area (TPSA) is 143 Å². The Morgan fingerprint density at radius 2 is 2.00 bits per heavy atom. The van der Waals surface area contributed by atoms with E-state index in [0.29, 0.717) is 35.1 Å².